The number of aliphatic hydroxyl groups excluding tert-OH is 1. The second-order valence-electron chi connectivity index (χ2n) is 5.58. The van der Waals surface area contributed by atoms with Gasteiger partial charge in [0.2, 0.25) is 5.91 Å². The van der Waals surface area contributed by atoms with Gasteiger partial charge in [0.1, 0.15) is 0 Å². The lowest BCUT2D eigenvalue weighted by molar-refractivity contribution is -0.114. The number of benzene rings is 1. The molecule has 1 aromatic carbocycles. The number of rotatable bonds is 5. The predicted molar refractivity (Wildman–Crippen MR) is 81.0 cm³/mol. The Bertz CT molecular complexity index is 510. The van der Waals surface area contributed by atoms with Crippen LogP contribution in [0.15, 0.2) is 24.3 Å². The van der Waals surface area contributed by atoms with Gasteiger partial charge in [-0.2, -0.15) is 0 Å². The van der Waals surface area contributed by atoms with Crippen LogP contribution in [0.3, 0.4) is 0 Å². The Kier molecular flexibility index (Phi) is 5.33. The van der Waals surface area contributed by atoms with Gasteiger partial charge >= 0.3 is 0 Å². The summed E-state index contributed by atoms with van der Waals surface area (Å²) in [5.74, 6) is -0.112. The molecule has 2 amide bonds. The Hall–Kier alpha value is -1.88. The van der Waals surface area contributed by atoms with Gasteiger partial charge < -0.3 is 15.7 Å². The van der Waals surface area contributed by atoms with Crippen LogP contribution < -0.4 is 10.6 Å². The van der Waals surface area contributed by atoms with Crippen LogP contribution in [-0.4, -0.2) is 29.6 Å². The van der Waals surface area contributed by atoms with Crippen molar-refractivity contribution in [3.8, 4) is 0 Å². The molecular formula is C16H22N2O3. The van der Waals surface area contributed by atoms with Crippen molar-refractivity contribution in [2.24, 2.45) is 5.92 Å². The molecule has 1 saturated carbocycles. The van der Waals surface area contributed by atoms with E-state index in [0.29, 0.717) is 17.2 Å². The number of amides is 2. The Balaban J connectivity index is 1.89. The zero-order valence-corrected chi connectivity index (χ0v) is 12.3. The van der Waals surface area contributed by atoms with Gasteiger partial charge in [-0.15, -0.1) is 0 Å². The number of carbonyl (C=O) groups is 2. The number of anilines is 1. The smallest absolute Gasteiger partial charge is 0.251 e. The van der Waals surface area contributed by atoms with Crippen LogP contribution in [0, 0.1) is 5.92 Å². The summed E-state index contributed by atoms with van der Waals surface area (Å²) >= 11 is 0. The Morgan fingerprint density at radius 3 is 2.71 bits per heavy atom. The zero-order chi connectivity index (χ0) is 15.2. The van der Waals surface area contributed by atoms with Gasteiger partial charge in [0, 0.05) is 24.7 Å². The number of hydrogen-bond acceptors (Lipinski definition) is 3. The van der Waals surface area contributed by atoms with Crippen molar-refractivity contribution < 1.29 is 14.7 Å². The van der Waals surface area contributed by atoms with Crippen LogP contribution in [0.25, 0.3) is 0 Å². The average Bonchev–Trinajstić information content (AvgIpc) is 2.98. The fraction of sp³-hybridized carbons (Fsp3) is 0.500. The second kappa shape index (κ2) is 7.22. The van der Waals surface area contributed by atoms with Gasteiger partial charge in [-0.05, 0) is 37.0 Å². The average molecular weight is 290 g/mol. The minimum absolute atomic E-state index is 0.177. The van der Waals surface area contributed by atoms with Gasteiger partial charge in [-0.3, -0.25) is 9.59 Å². The largest absolute Gasteiger partial charge is 0.391 e. The maximum absolute atomic E-state index is 12.1. The van der Waals surface area contributed by atoms with E-state index in [0.717, 1.165) is 25.7 Å². The molecule has 1 aromatic rings. The maximum Gasteiger partial charge on any atom is 0.251 e. The zero-order valence-electron chi connectivity index (χ0n) is 12.3. The molecule has 1 aliphatic carbocycles. The van der Waals surface area contributed by atoms with E-state index in [-0.39, 0.29) is 18.4 Å². The molecule has 1 aliphatic rings. The first-order chi connectivity index (χ1) is 10.1. The minimum atomic E-state index is -0.477. The van der Waals surface area contributed by atoms with Crippen LogP contribution in [0.5, 0.6) is 0 Å². The van der Waals surface area contributed by atoms with Gasteiger partial charge in [0.15, 0.2) is 0 Å². The van der Waals surface area contributed by atoms with Crippen LogP contribution >= 0.6 is 0 Å². The summed E-state index contributed by atoms with van der Waals surface area (Å²) < 4.78 is 0. The molecule has 0 saturated heterocycles. The lowest BCUT2D eigenvalue weighted by Gasteiger charge is -2.18. The monoisotopic (exact) mass is 290 g/mol. The van der Waals surface area contributed by atoms with Crippen molar-refractivity contribution in [3.05, 3.63) is 29.8 Å². The molecular weight excluding hydrogens is 268 g/mol. The van der Waals surface area contributed by atoms with Crippen molar-refractivity contribution in [1.82, 2.24) is 5.32 Å². The highest BCUT2D eigenvalue weighted by atomic mass is 16.3. The summed E-state index contributed by atoms with van der Waals surface area (Å²) in [6.45, 7) is 1.69. The van der Waals surface area contributed by atoms with Crippen molar-refractivity contribution in [1.29, 1.82) is 0 Å². The Morgan fingerprint density at radius 2 is 2.05 bits per heavy atom. The molecule has 0 heterocycles. The van der Waals surface area contributed by atoms with E-state index in [4.69, 9.17) is 0 Å². The highest BCUT2D eigenvalue weighted by molar-refractivity contribution is 5.96. The molecule has 0 radical (unpaired) electrons. The van der Waals surface area contributed by atoms with Crippen molar-refractivity contribution in [2.75, 3.05) is 11.9 Å². The summed E-state index contributed by atoms with van der Waals surface area (Å²) in [6.07, 6.45) is 3.92. The topological polar surface area (TPSA) is 78.4 Å². The number of aliphatic hydroxyl groups is 1. The normalized spacial score (nSPS) is 16.5. The molecule has 114 valence electrons. The fourth-order valence-corrected chi connectivity index (χ4v) is 2.75. The van der Waals surface area contributed by atoms with Crippen LogP contribution in [0.4, 0.5) is 5.69 Å². The van der Waals surface area contributed by atoms with E-state index in [1.807, 2.05) is 0 Å². The third-order valence-corrected chi connectivity index (χ3v) is 3.86. The summed E-state index contributed by atoms with van der Waals surface area (Å²) in [4.78, 5) is 23.1. The fourth-order valence-electron chi connectivity index (χ4n) is 2.75. The lowest BCUT2D eigenvalue weighted by atomic mass is 10.0. The van der Waals surface area contributed by atoms with Crippen molar-refractivity contribution in [2.45, 2.75) is 38.7 Å². The quantitative estimate of drug-likeness (QED) is 0.775. The molecule has 0 aromatic heterocycles. The van der Waals surface area contributed by atoms with Gasteiger partial charge in [-0.1, -0.05) is 18.9 Å². The first-order valence-electron chi connectivity index (χ1n) is 7.40. The highest BCUT2D eigenvalue weighted by Gasteiger charge is 2.23. The molecule has 2 rings (SSSR count). The lowest BCUT2D eigenvalue weighted by Crippen LogP contribution is -2.35. The molecule has 0 aliphatic heterocycles. The summed E-state index contributed by atoms with van der Waals surface area (Å²) in [5, 5.41) is 15.4. The standard InChI is InChI=1S/C16H22N2O3/c1-11(19)18-14-8-4-7-13(9-14)16(21)17-10-15(20)12-5-2-3-6-12/h4,7-9,12,15,20H,2-3,5-6,10H2,1H3,(H,17,21)(H,18,19). The molecule has 1 unspecified atom stereocenters. The van der Waals surface area contributed by atoms with Crippen molar-refractivity contribution >= 4 is 17.5 Å². The van der Waals surface area contributed by atoms with E-state index in [9.17, 15) is 14.7 Å². The van der Waals surface area contributed by atoms with Crippen molar-refractivity contribution in [3.63, 3.8) is 0 Å². The third-order valence-electron chi connectivity index (χ3n) is 3.86. The first kappa shape index (κ1) is 15.5. The van der Waals surface area contributed by atoms with E-state index < -0.39 is 6.10 Å². The molecule has 3 N–H and O–H groups in total. The maximum atomic E-state index is 12.1. The molecule has 1 atom stereocenters. The minimum Gasteiger partial charge on any atom is -0.391 e. The molecule has 0 spiro atoms. The summed E-state index contributed by atoms with van der Waals surface area (Å²) in [6, 6.07) is 6.75. The number of hydrogen-bond donors (Lipinski definition) is 3. The predicted octanol–water partition coefficient (Wildman–Crippen LogP) is 1.93. The van der Waals surface area contributed by atoms with E-state index in [1.165, 1.54) is 6.92 Å². The van der Waals surface area contributed by atoms with E-state index >= 15 is 0 Å². The summed E-state index contributed by atoms with van der Waals surface area (Å²) in [7, 11) is 0. The SMILES string of the molecule is CC(=O)Nc1cccc(C(=O)NCC(O)C2CCCC2)c1. The Morgan fingerprint density at radius 1 is 1.33 bits per heavy atom. The molecule has 21 heavy (non-hydrogen) atoms. The molecule has 0 bridgehead atoms. The van der Waals surface area contributed by atoms with E-state index in [2.05, 4.69) is 10.6 Å². The Labute approximate surface area is 124 Å². The van der Waals surface area contributed by atoms with Gasteiger partial charge in [-0.25, -0.2) is 0 Å². The first-order valence-corrected chi connectivity index (χ1v) is 7.40. The van der Waals surface area contributed by atoms with E-state index in [1.54, 1.807) is 24.3 Å². The van der Waals surface area contributed by atoms with Gasteiger partial charge in [0.05, 0.1) is 6.10 Å². The van der Waals surface area contributed by atoms with Gasteiger partial charge in [0.25, 0.3) is 5.91 Å². The van der Waals surface area contributed by atoms with Crippen LogP contribution in [0.1, 0.15) is 43.0 Å². The second-order valence-corrected chi connectivity index (χ2v) is 5.58. The van der Waals surface area contributed by atoms with Crippen LogP contribution in [-0.2, 0) is 4.79 Å². The molecule has 5 heteroatoms. The van der Waals surface area contributed by atoms with Crippen LogP contribution in [0.2, 0.25) is 0 Å². The number of carbonyl (C=O) groups excluding carboxylic acids is 2. The third kappa shape index (κ3) is 4.56. The molecule has 1 fully saturated rings. The molecule has 5 nitrogen and oxygen atoms in total. The summed E-state index contributed by atoms with van der Waals surface area (Å²) in [5.41, 5.74) is 1.06. The number of nitrogens with one attached hydrogen (secondary N) is 2. The highest BCUT2D eigenvalue weighted by Crippen LogP contribution is 2.27.